The van der Waals surface area contributed by atoms with Gasteiger partial charge >= 0.3 is 6.03 Å². The van der Waals surface area contributed by atoms with E-state index in [9.17, 15) is 4.79 Å². The first kappa shape index (κ1) is 16.1. The molecule has 3 N–H and O–H groups in total. The molecule has 0 spiro atoms. The fourth-order valence-corrected chi connectivity index (χ4v) is 1.92. The molecule has 0 aliphatic carbocycles. The molecule has 1 aromatic rings. The summed E-state index contributed by atoms with van der Waals surface area (Å²) in [6.45, 7) is 4.50. The van der Waals surface area contributed by atoms with Crippen molar-refractivity contribution in [3.05, 3.63) is 28.2 Å². The summed E-state index contributed by atoms with van der Waals surface area (Å²) in [5, 5.41) is 15.2. The summed E-state index contributed by atoms with van der Waals surface area (Å²) in [5.74, 6) is 0. The van der Waals surface area contributed by atoms with E-state index in [2.05, 4.69) is 10.6 Å². The third kappa shape index (κ3) is 5.68. The van der Waals surface area contributed by atoms with E-state index in [1.807, 2.05) is 13.8 Å². The third-order valence-corrected chi connectivity index (χ3v) is 3.24. The van der Waals surface area contributed by atoms with Crippen LogP contribution in [0.4, 0.5) is 10.5 Å². The SMILES string of the molecule is CC(C)(CCO)CNC(=O)Nc1ccc(Cl)cc1Cl. The van der Waals surface area contributed by atoms with Crippen LogP contribution in [0.1, 0.15) is 20.3 Å². The number of hydrogen-bond acceptors (Lipinski definition) is 2. The van der Waals surface area contributed by atoms with E-state index in [0.717, 1.165) is 0 Å². The van der Waals surface area contributed by atoms with Gasteiger partial charge in [-0.15, -0.1) is 0 Å². The Labute approximate surface area is 123 Å². The average Bonchev–Trinajstić information content (AvgIpc) is 2.30. The van der Waals surface area contributed by atoms with Gasteiger partial charge in [0.25, 0.3) is 0 Å². The zero-order valence-corrected chi connectivity index (χ0v) is 12.5. The molecule has 0 saturated carbocycles. The lowest BCUT2D eigenvalue weighted by atomic mass is 9.90. The lowest BCUT2D eigenvalue weighted by molar-refractivity contribution is 0.204. The highest BCUT2D eigenvalue weighted by atomic mass is 35.5. The molecule has 4 nitrogen and oxygen atoms in total. The zero-order valence-electron chi connectivity index (χ0n) is 11.0. The Bertz CT molecular complexity index is 450. The van der Waals surface area contributed by atoms with Gasteiger partial charge in [0.05, 0.1) is 10.7 Å². The number of urea groups is 1. The van der Waals surface area contributed by atoms with Crippen molar-refractivity contribution in [3.63, 3.8) is 0 Å². The van der Waals surface area contributed by atoms with Crippen LogP contribution in [0.15, 0.2) is 18.2 Å². The minimum atomic E-state index is -0.338. The van der Waals surface area contributed by atoms with Crippen molar-refractivity contribution in [1.29, 1.82) is 0 Å². The smallest absolute Gasteiger partial charge is 0.319 e. The Morgan fingerprint density at radius 3 is 2.63 bits per heavy atom. The zero-order chi connectivity index (χ0) is 14.5. The number of anilines is 1. The minimum absolute atomic E-state index is 0.0965. The molecule has 106 valence electrons. The summed E-state index contributed by atoms with van der Waals surface area (Å²) < 4.78 is 0. The molecule has 2 amide bonds. The highest BCUT2D eigenvalue weighted by molar-refractivity contribution is 6.36. The molecule has 0 unspecified atom stereocenters. The van der Waals surface area contributed by atoms with Crippen LogP contribution in [-0.2, 0) is 0 Å². The molecule has 0 aliphatic rings. The fourth-order valence-electron chi connectivity index (χ4n) is 1.47. The molecule has 0 fully saturated rings. The molecule has 0 radical (unpaired) electrons. The third-order valence-electron chi connectivity index (χ3n) is 2.70. The van der Waals surface area contributed by atoms with Crippen molar-refractivity contribution in [2.24, 2.45) is 5.41 Å². The maximum absolute atomic E-state index is 11.7. The molecule has 19 heavy (non-hydrogen) atoms. The molecule has 0 aliphatic heterocycles. The summed E-state index contributed by atoms with van der Waals surface area (Å²) >= 11 is 11.7. The predicted octanol–water partition coefficient (Wildman–Crippen LogP) is 3.52. The lowest BCUT2D eigenvalue weighted by Crippen LogP contribution is -2.37. The Hall–Kier alpha value is -0.970. The van der Waals surface area contributed by atoms with E-state index in [1.54, 1.807) is 18.2 Å². The van der Waals surface area contributed by atoms with Crippen LogP contribution in [0.2, 0.25) is 10.0 Å². The van der Waals surface area contributed by atoms with Crippen molar-refractivity contribution in [2.45, 2.75) is 20.3 Å². The number of nitrogens with one attached hydrogen (secondary N) is 2. The lowest BCUT2D eigenvalue weighted by Gasteiger charge is -2.23. The van der Waals surface area contributed by atoms with Crippen molar-refractivity contribution < 1.29 is 9.90 Å². The van der Waals surface area contributed by atoms with Gasteiger partial charge in [-0.2, -0.15) is 0 Å². The average molecular weight is 305 g/mol. The monoisotopic (exact) mass is 304 g/mol. The fraction of sp³-hybridized carbons (Fsp3) is 0.462. The first-order valence-corrected chi connectivity index (χ1v) is 6.70. The topological polar surface area (TPSA) is 61.4 Å². The summed E-state index contributed by atoms with van der Waals surface area (Å²) in [6.07, 6.45) is 0.620. The van der Waals surface area contributed by atoms with Crippen LogP contribution in [0.25, 0.3) is 0 Å². The second-order valence-corrected chi connectivity index (χ2v) is 5.91. The van der Waals surface area contributed by atoms with E-state index in [1.165, 1.54) is 0 Å². The van der Waals surface area contributed by atoms with Crippen molar-refractivity contribution in [3.8, 4) is 0 Å². The van der Waals surface area contributed by atoms with Crippen LogP contribution in [0, 0.1) is 5.41 Å². The molecular formula is C13H18Cl2N2O2. The van der Waals surface area contributed by atoms with E-state index >= 15 is 0 Å². The van der Waals surface area contributed by atoms with Gasteiger partial charge < -0.3 is 15.7 Å². The van der Waals surface area contributed by atoms with Crippen LogP contribution in [0.5, 0.6) is 0 Å². The number of benzene rings is 1. The predicted molar refractivity (Wildman–Crippen MR) is 79.0 cm³/mol. The summed E-state index contributed by atoms with van der Waals surface area (Å²) in [7, 11) is 0. The maximum atomic E-state index is 11.7. The largest absolute Gasteiger partial charge is 0.396 e. The van der Waals surface area contributed by atoms with Crippen LogP contribution >= 0.6 is 23.2 Å². The quantitative estimate of drug-likeness (QED) is 0.779. The van der Waals surface area contributed by atoms with E-state index in [-0.39, 0.29) is 18.1 Å². The first-order valence-electron chi connectivity index (χ1n) is 5.95. The summed E-state index contributed by atoms with van der Waals surface area (Å²) in [6, 6.07) is 4.52. The highest BCUT2D eigenvalue weighted by Crippen LogP contribution is 2.25. The standard InChI is InChI=1S/C13H18Cl2N2O2/c1-13(2,5-6-18)8-16-12(19)17-11-4-3-9(14)7-10(11)15/h3-4,7,18H,5-6,8H2,1-2H3,(H2,16,17,19). The van der Waals surface area contributed by atoms with E-state index < -0.39 is 0 Å². The van der Waals surface area contributed by atoms with Crippen molar-refractivity contribution >= 4 is 34.9 Å². The number of carbonyl (C=O) groups is 1. The van der Waals surface area contributed by atoms with Crippen molar-refractivity contribution in [1.82, 2.24) is 5.32 Å². The summed E-state index contributed by atoms with van der Waals surface area (Å²) in [4.78, 5) is 11.7. The van der Waals surface area contributed by atoms with Gasteiger partial charge in [-0.1, -0.05) is 37.0 Å². The molecule has 0 heterocycles. The minimum Gasteiger partial charge on any atom is -0.396 e. The van der Waals surface area contributed by atoms with Gasteiger partial charge in [0.15, 0.2) is 0 Å². The van der Waals surface area contributed by atoms with Crippen molar-refractivity contribution in [2.75, 3.05) is 18.5 Å². The second-order valence-electron chi connectivity index (χ2n) is 5.07. The van der Waals surface area contributed by atoms with Gasteiger partial charge in [-0.3, -0.25) is 0 Å². The molecule has 0 atom stereocenters. The van der Waals surface area contributed by atoms with Crippen LogP contribution < -0.4 is 10.6 Å². The number of rotatable bonds is 5. The van der Waals surface area contributed by atoms with Crippen LogP contribution in [0.3, 0.4) is 0 Å². The van der Waals surface area contributed by atoms with Gasteiger partial charge in [-0.05, 0) is 30.0 Å². The van der Waals surface area contributed by atoms with Gasteiger partial charge in [0.1, 0.15) is 0 Å². The molecule has 0 aromatic heterocycles. The number of hydrogen-bond donors (Lipinski definition) is 3. The van der Waals surface area contributed by atoms with Gasteiger partial charge in [0.2, 0.25) is 0 Å². The van der Waals surface area contributed by atoms with Gasteiger partial charge in [-0.25, -0.2) is 4.79 Å². The molecule has 0 saturated heterocycles. The molecular weight excluding hydrogens is 287 g/mol. The number of amides is 2. The molecule has 6 heteroatoms. The molecule has 1 rings (SSSR count). The number of halogens is 2. The second kappa shape index (κ2) is 6.98. The Morgan fingerprint density at radius 2 is 2.05 bits per heavy atom. The normalized spacial score (nSPS) is 11.2. The molecule has 1 aromatic carbocycles. The first-order chi connectivity index (χ1) is 8.84. The Morgan fingerprint density at radius 1 is 1.37 bits per heavy atom. The maximum Gasteiger partial charge on any atom is 0.319 e. The Kier molecular flexibility index (Phi) is 5.91. The van der Waals surface area contributed by atoms with Crippen LogP contribution in [-0.4, -0.2) is 24.3 Å². The van der Waals surface area contributed by atoms with E-state index in [0.29, 0.717) is 28.7 Å². The number of aliphatic hydroxyl groups excluding tert-OH is 1. The Balaban J connectivity index is 2.52. The highest BCUT2D eigenvalue weighted by Gasteiger charge is 2.18. The summed E-state index contributed by atoms with van der Waals surface area (Å²) in [5.41, 5.74) is 0.346. The van der Waals surface area contributed by atoms with E-state index in [4.69, 9.17) is 28.3 Å². The van der Waals surface area contributed by atoms with Gasteiger partial charge in [0, 0.05) is 18.2 Å². The molecule has 0 bridgehead atoms. The number of carbonyl (C=O) groups excluding carboxylic acids is 1. The number of aliphatic hydroxyl groups is 1.